The second-order valence-electron chi connectivity index (χ2n) is 3.66. The highest BCUT2D eigenvalue weighted by atomic mass is 127. The van der Waals surface area contributed by atoms with Crippen molar-refractivity contribution >= 4 is 54.2 Å². The van der Waals surface area contributed by atoms with Crippen LogP contribution in [0.2, 0.25) is 0 Å². The summed E-state index contributed by atoms with van der Waals surface area (Å²) in [4.78, 5) is 0.134. The zero-order valence-corrected chi connectivity index (χ0v) is 14.0. The van der Waals surface area contributed by atoms with Crippen molar-refractivity contribution in [2.24, 2.45) is 0 Å². The average Bonchev–Trinajstić information content (AvgIpc) is 2.33. The molecule has 0 fully saturated rings. The molecule has 1 N–H and O–H groups in total. The lowest BCUT2D eigenvalue weighted by Gasteiger charge is -2.11. The van der Waals surface area contributed by atoms with Crippen molar-refractivity contribution < 1.29 is 12.8 Å². The van der Waals surface area contributed by atoms with E-state index >= 15 is 0 Å². The third-order valence-corrected chi connectivity index (χ3v) is 5.57. The maximum absolute atomic E-state index is 13.0. The van der Waals surface area contributed by atoms with Crippen LogP contribution >= 0.6 is 38.5 Å². The van der Waals surface area contributed by atoms with Crippen LogP contribution in [0.4, 0.5) is 10.1 Å². The van der Waals surface area contributed by atoms with Gasteiger partial charge >= 0.3 is 0 Å². The molecule has 0 radical (unpaired) electrons. The summed E-state index contributed by atoms with van der Waals surface area (Å²) in [6, 6.07) is 10.4. The van der Waals surface area contributed by atoms with Gasteiger partial charge in [-0.05, 0) is 68.9 Å². The summed E-state index contributed by atoms with van der Waals surface area (Å²) in [5.74, 6) is -0.409. The molecule has 0 aliphatic heterocycles. The molecule has 0 bridgehead atoms. The predicted octanol–water partition coefficient (Wildman–Crippen LogP) is 3.99. The summed E-state index contributed by atoms with van der Waals surface area (Å²) >= 11 is 5.07. The van der Waals surface area contributed by atoms with E-state index in [-0.39, 0.29) is 4.90 Å². The minimum Gasteiger partial charge on any atom is -0.279 e. The van der Waals surface area contributed by atoms with Crippen LogP contribution in [0, 0.1) is 9.39 Å². The number of halogens is 3. The van der Waals surface area contributed by atoms with Gasteiger partial charge in [-0.25, -0.2) is 12.8 Å². The number of sulfonamides is 1. The minimum atomic E-state index is -3.70. The van der Waals surface area contributed by atoms with E-state index in [1.165, 1.54) is 24.3 Å². The molecule has 0 unspecified atom stereocenters. The van der Waals surface area contributed by atoms with Crippen LogP contribution in [0.3, 0.4) is 0 Å². The van der Waals surface area contributed by atoms with Gasteiger partial charge in [-0.2, -0.15) is 0 Å². The Morgan fingerprint density at radius 1 is 1.16 bits per heavy atom. The Morgan fingerprint density at radius 2 is 1.84 bits per heavy atom. The molecule has 19 heavy (non-hydrogen) atoms. The summed E-state index contributed by atoms with van der Waals surface area (Å²) in [6.07, 6.45) is 0. The van der Waals surface area contributed by atoms with Gasteiger partial charge in [0.25, 0.3) is 10.0 Å². The SMILES string of the molecule is O=S(=O)(Nc1ccc(F)cc1I)c1ccccc1Br. The third kappa shape index (κ3) is 3.46. The van der Waals surface area contributed by atoms with Crippen LogP contribution in [-0.2, 0) is 10.0 Å². The molecule has 0 aromatic heterocycles. The molecule has 2 aromatic carbocycles. The number of rotatable bonds is 3. The van der Waals surface area contributed by atoms with Gasteiger partial charge in [0.05, 0.1) is 5.69 Å². The predicted molar refractivity (Wildman–Crippen MR) is 84.1 cm³/mol. The fourth-order valence-electron chi connectivity index (χ4n) is 1.43. The first-order valence-corrected chi connectivity index (χ1v) is 8.48. The Hall–Kier alpha value is -0.670. The van der Waals surface area contributed by atoms with Crippen molar-refractivity contribution in [2.75, 3.05) is 4.72 Å². The summed E-state index contributed by atoms with van der Waals surface area (Å²) in [7, 11) is -3.70. The molecule has 0 amide bonds. The summed E-state index contributed by atoms with van der Waals surface area (Å²) in [5, 5.41) is 0. The Morgan fingerprint density at radius 3 is 2.47 bits per heavy atom. The smallest absolute Gasteiger partial charge is 0.263 e. The first-order chi connectivity index (χ1) is 8.90. The minimum absolute atomic E-state index is 0.134. The highest BCUT2D eigenvalue weighted by Crippen LogP contribution is 2.26. The van der Waals surface area contributed by atoms with E-state index in [0.29, 0.717) is 13.7 Å². The molecule has 0 saturated heterocycles. The molecular formula is C12H8BrFINO2S. The number of nitrogens with one attached hydrogen (secondary N) is 1. The lowest BCUT2D eigenvalue weighted by Crippen LogP contribution is -2.14. The van der Waals surface area contributed by atoms with E-state index in [0.717, 1.165) is 0 Å². The van der Waals surface area contributed by atoms with Gasteiger partial charge in [0.15, 0.2) is 0 Å². The van der Waals surface area contributed by atoms with E-state index in [9.17, 15) is 12.8 Å². The van der Waals surface area contributed by atoms with Gasteiger partial charge in [0.1, 0.15) is 10.7 Å². The van der Waals surface area contributed by atoms with Gasteiger partial charge in [0, 0.05) is 8.04 Å². The lowest BCUT2D eigenvalue weighted by molar-refractivity contribution is 0.600. The molecule has 7 heteroatoms. The van der Waals surface area contributed by atoms with E-state index in [1.54, 1.807) is 18.2 Å². The maximum Gasteiger partial charge on any atom is 0.263 e. The number of hydrogen-bond donors (Lipinski definition) is 1. The number of benzene rings is 2. The zero-order valence-electron chi connectivity index (χ0n) is 9.40. The van der Waals surface area contributed by atoms with E-state index < -0.39 is 15.8 Å². The number of anilines is 1. The molecule has 0 aliphatic carbocycles. The van der Waals surface area contributed by atoms with E-state index in [4.69, 9.17) is 0 Å². The third-order valence-electron chi connectivity index (χ3n) is 2.30. The molecule has 0 aliphatic rings. The van der Waals surface area contributed by atoms with Gasteiger partial charge in [-0.1, -0.05) is 12.1 Å². The van der Waals surface area contributed by atoms with E-state index in [1.807, 2.05) is 22.6 Å². The van der Waals surface area contributed by atoms with Crippen LogP contribution < -0.4 is 4.72 Å². The first kappa shape index (κ1) is 14.7. The van der Waals surface area contributed by atoms with Crippen molar-refractivity contribution in [3.05, 3.63) is 56.3 Å². The Labute approximate surface area is 132 Å². The van der Waals surface area contributed by atoms with Gasteiger partial charge in [-0.15, -0.1) is 0 Å². The monoisotopic (exact) mass is 455 g/mol. The molecule has 0 spiro atoms. The highest BCUT2D eigenvalue weighted by Gasteiger charge is 2.18. The fraction of sp³-hybridized carbons (Fsp3) is 0. The van der Waals surface area contributed by atoms with Crippen molar-refractivity contribution in [3.8, 4) is 0 Å². The fourth-order valence-corrected chi connectivity index (χ4v) is 4.31. The van der Waals surface area contributed by atoms with Crippen molar-refractivity contribution in [2.45, 2.75) is 4.90 Å². The second-order valence-corrected chi connectivity index (χ2v) is 7.33. The number of hydrogen-bond acceptors (Lipinski definition) is 2. The highest BCUT2D eigenvalue weighted by molar-refractivity contribution is 14.1. The van der Waals surface area contributed by atoms with Crippen LogP contribution in [0.5, 0.6) is 0 Å². The van der Waals surface area contributed by atoms with Crippen LogP contribution in [0.1, 0.15) is 0 Å². The van der Waals surface area contributed by atoms with Crippen LogP contribution in [0.15, 0.2) is 51.8 Å². The standard InChI is InChI=1S/C12H8BrFINO2S/c13-9-3-1-2-4-12(9)19(17,18)16-11-6-5-8(14)7-10(11)15/h1-7,16H. The average molecular weight is 456 g/mol. The molecular weight excluding hydrogens is 448 g/mol. The lowest BCUT2D eigenvalue weighted by atomic mass is 10.3. The Bertz CT molecular complexity index is 721. The molecule has 0 atom stereocenters. The zero-order chi connectivity index (χ0) is 14.0. The molecule has 2 rings (SSSR count). The van der Waals surface area contributed by atoms with Crippen molar-refractivity contribution in [3.63, 3.8) is 0 Å². The van der Waals surface area contributed by atoms with Gasteiger partial charge < -0.3 is 0 Å². The van der Waals surface area contributed by atoms with Crippen molar-refractivity contribution in [1.29, 1.82) is 0 Å². The van der Waals surface area contributed by atoms with Crippen LogP contribution in [-0.4, -0.2) is 8.42 Å². The molecule has 0 saturated carbocycles. The van der Waals surface area contributed by atoms with Crippen LogP contribution in [0.25, 0.3) is 0 Å². The first-order valence-electron chi connectivity index (χ1n) is 5.12. The molecule has 100 valence electrons. The molecule has 2 aromatic rings. The summed E-state index contributed by atoms with van der Waals surface area (Å²) < 4.78 is 40.8. The maximum atomic E-state index is 13.0. The quantitative estimate of drug-likeness (QED) is 0.711. The van der Waals surface area contributed by atoms with Gasteiger partial charge in [-0.3, -0.25) is 4.72 Å². The van der Waals surface area contributed by atoms with Crippen molar-refractivity contribution in [1.82, 2.24) is 0 Å². The van der Waals surface area contributed by atoms with E-state index in [2.05, 4.69) is 20.7 Å². The molecule has 0 heterocycles. The Kier molecular flexibility index (Phi) is 4.46. The Balaban J connectivity index is 2.40. The van der Waals surface area contributed by atoms with Gasteiger partial charge in [0.2, 0.25) is 0 Å². The summed E-state index contributed by atoms with van der Waals surface area (Å²) in [5.41, 5.74) is 0.345. The normalized spacial score (nSPS) is 11.3. The summed E-state index contributed by atoms with van der Waals surface area (Å²) in [6.45, 7) is 0. The topological polar surface area (TPSA) is 46.2 Å². The molecule has 3 nitrogen and oxygen atoms in total. The second kappa shape index (κ2) is 5.76. The largest absolute Gasteiger partial charge is 0.279 e.